The summed E-state index contributed by atoms with van der Waals surface area (Å²) in [6.07, 6.45) is 1.27. The minimum Gasteiger partial charge on any atom is -0.455 e. The van der Waals surface area contributed by atoms with E-state index < -0.39 is 41.9 Å². The Morgan fingerprint density at radius 3 is 1.68 bits per heavy atom. The van der Waals surface area contributed by atoms with Gasteiger partial charge in [-0.25, -0.2) is 0 Å². The van der Waals surface area contributed by atoms with Crippen LogP contribution in [0, 0.1) is 0 Å². The van der Waals surface area contributed by atoms with Gasteiger partial charge < -0.3 is 21.6 Å². The standard InChI is InChI=1S/C18H47NO4Si5/c1-18(28(20-2,21-3)22-4)27(11,12)23-26(9,10)15-13-14-19-24(5,6)16-17-25(19,7)8/h18H,13-17H2,1-12H3. The Morgan fingerprint density at radius 1 is 0.857 bits per heavy atom. The molecule has 168 valence electrons. The molecule has 1 fully saturated rings. The third-order valence-electron chi connectivity index (χ3n) is 6.94. The predicted octanol–water partition coefficient (Wildman–Crippen LogP) is 5.34. The van der Waals surface area contributed by atoms with E-state index >= 15 is 0 Å². The Balaban J connectivity index is 2.74. The largest absolute Gasteiger partial charge is 0.502 e. The summed E-state index contributed by atoms with van der Waals surface area (Å²) in [6.45, 7) is 23.1. The number of nitrogens with zero attached hydrogens (tertiary/aromatic N) is 1. The molecule has 1 atom stereocenters. The summed E-state index contributed by atoms with van der Waals surface area (Å²) in [5.41, 5.74) is 0. The summed E-state index contributed by atoms with van der Waals surface area (Å²) in [6, 6.07) is 4.20. The number of hydrogen-bond donors (Lipinski definition) is 0. The molecule has 0 amide bonds. The van der Waals surface area contributed by atoms with Crippen LogP contribution in [0.3, 0.4) is 0 Å². The van der Waals surface area contributed by atoms with Gasteiger partial charge in [-0.05, 0) is 57.3 Å². The third kappa shape index (κ3) is 6.20. The molecule has 0 aliphatic carbocycles. The lowest BCUT2D eigenvalue weighted by Gasteiger charge is -2.43. The Kier molecular flexibility index (Phi) is 9.20. The average Bonchev–Trinajstić information content (AvgIpc) is 2.78. The van der Waals surface area contributed by atoms with Gasteiger partial charge in [0, 0.05) is 26.5 Å². The maximum atomic E-state index is 6.94. The molecule has 1 rings (SSSR count). The second kappa shape index (κ2) is 9.57. The predicted molar refractivity (Wildman–Crippen MR) is 133 cm³/mol. The highest BCUT2D eigenvalue weighted by Crippen LogP contribution is 2.38. The monoisotopic (exact) mass is 481 g/mol. The van der Waals surface area contributed by atoms with E-state index in [2.05, 4.69) is 63.5 Å². The summed E-state index contributed by atoms with van der Waals surface area (Å²) in [7, 11) is -3.70. The van der Waals surface area contributed by atoms with Crippen molar-refractivity contribution in [1.29, 1.82) is 0 Å². The van der Waals surface area contributed by atoms with Gasteiger partial charge in [0.05, 0.1) is 0 Å². The first kappa shape index (κ1) is 26.9. The van der Waals surface area contributed by atoms with Gasteiger partial charge in [0.15, 0.2) is 16.6 Å². The zero-order valence-corrected chi connectivity index (χ0v) is 25.7. The second-order valence-corrected chi connectivity index (χ2v) is 33.3. The fraction of sp³-hybridized carbons (Fsp3) is 1.00. The van der Waals surface area contributed by atoms with Crippen LogP contribution in [0.25, 0.3) is 0 Å². The molecule has 0 aromatic rings. The van der Waals surface area contributed by atoms with Gasteiger partial charge in [0.25, 0.3) is 0 Å². The quantitative estimate of drug-likeness (QED) is 0.373. The van der Waals surface area contributed by atoms with Gasteiger partial charge in [0.1, 0.15) is 16.5 Å². The molecule has 5 nitrogen and oxygen atoms in total. The lowest BCUT2D eigenvalue weighted by atomic mass is 10.5. The van der Waals surface area contributed by atoms with E-state index in [9.17, 15) is 0 Å². The number of rotatable bonds is 11. The Labute approximate surface area is 180 Å². The van der Waals surface area contributed by atoms with Crippen LogP contribution in [0.1, 0.15) is 13.3 Å². The molecule has 0 spiro atoms. The van der Waals surface area contributed by atoms with Gasteiger partial charge >= 0.3 is 8.80 Å². The van der Waals surface area contributed by atoms with E-state index in [4.69, 9.17) is 17.4 Å². The van der Waals surface area contributed by atoms with Crippen LogP contribution in [0.2, 0.25) is 75.7 Å². The van der Waals surface area contributed by atoms with Crippen LogP contribution in [0.15, 0.2) is 0 Å². The van der Waals surface area contributed by atoms with Crippen molar-refractivity contribution in [1.82, 2.24) is 4.23 Å². The summed E-state index contributed by atoms with van der Waals surface area (Å²) >= 11 is 0. The van der Waals surface area contributed by atoms with Gasteiger partial charge in [-0.2, -0.15) is 0 Å². The molecule has 0 N–H and O–H groups in total. The molecular weight excluding hydrogens is 435 g/mol. The van der Waals surface area contributed by atoms with E-state index in [1.165, 1.54) is 31.1 Å². The first-order chi connectivity index (χ1) is 12.6. The summed E-state index contributed by atoms with van der Waals surface area (Å²) in [5, 5.41) is 0.197. The van der Waals surface area contributed by atoms with Crippen molar-refractivity contribution in [2.24, 2.45) is 0 Å². The minimum atomic E-state index is -2.68. The average molecular weight is 482 g/mol. The molecular formula is C18H47NO4Si5. The first-order valence-electron chi connectivity index (χ1n) is 10.7. The fourth-order valence-corrected chi connectivity index (χ4v) is 33.6. The SMILES string of the molecule is CO[Si](OC)(OC)C(C)[Si](C)(C)O[Si](C)(C)CCCN1[Si](C)(C)CC[Si]1(C)C. The molecule has 0 aromatic carbocycles. The van der Waals surface area contributed by atoms with Gasteiger partial charge in [-0.1, -0.05) is 33.1 Å². The molecule has 0 saturated carbocycles. The van der Waals surface area contributed by atoms with Crippen LogP contribution in [0.5, 0.6) is 0 Å². The van der Waals surface area contributed by atoms with Crippen LogP contribution >= 0.6 is 0 Å². The van der Waals surface area contributed by atoms with E-state index in [0.29, 0.717) is 0 Å². The topological polar surface area (TPSA) is 40.2 Å². The highest BCUT2D eigenvalue weighted by molar-refractivity contribution is 6.95. The Morgan fingerprint density at radius 2 is 1.29 bits per heavy atom. The molecule has 10 heteroatoms. The summed E-state index contributed by atoms with van der Waals surface area (Å²) in [4.78, 5) is 0. The van der Waals surface area contributed by atoms with Crippen LogP contribution in [-0.4, -0.2) is 74.0 Å². The van der Waals surface area contributed by atoms with Crippen molar-refractivity contribution in [3.63, 3.8) is 0 Å². The molecule has 0 aromatic heterocycles. The maximum Gasteiger partial charge on any atom is 0.502 e. The molecule has 0 bridgehead atoms. The van der Waals surface area contributed by atoms with Crippen LogP contribution < -0.4 is 0 Å². The van der Waals surface area contributed by atoms with Crippen LogP contribution in [0.4, 0.5) is 0 Å². The Bertz CT molecular complexity index is 488. The normalized spacial score (nSPS) is 21.9. The highest BCUT2D eigenvalue weighted by Gasteiger charge is 2.55. The van der Waals surface area contributed by atoms with E-state index in [1.54, 1.807) is 21.3 Å². The molecule has 1 aliphatic rings. The molecule has 1 aliphatic heterocycles. The van der Waals surface area contributed by atoms with Gasteiger partial charge in [0.2, 0.25) is 0 Å². The highest BCUT2D eigenvalue weighted by atomic mass is 28.5. The second-order valence-electron chi connectivity index (χ2n) is 10.8. The van der Waals surface area contributed by atoms with E-state index in [0.717, 1.165) is 0 Å². The third-order valence-corrected chi connectivity index (χ3v) is 31.3. The van der Waals surface area contributed by atoms with Gasteiger partial charge in [-0.15, -0.1) is 0 Å². The van der Waals surface area contributed by atoms with Crippen LogP contribution in [-0.2, 0) is 17.4 Å². The van der Waals surface area contributed by atoms with Crippen molar-refractivity contribution >= 4 is 41.9 Å². The first-order valence-corrected chi connectivity index (χ1v) is 24.9. The van der Waals surface area contributed by atoms with Crippen molar-refractivity contribution in [2.45, 2.75) is 89.0 Å². The zero-order chi connectivity index (χ0) is 22.0. The minimum absolute atomic E-state index is 0.197. The lowest BCUT2D eigenvalue weighted by Crippen LogP contribution is -2.59. The molecule has 1 saturated heterocycles. The smallest absolute Gasteiger partial charge is 0.455 e. The molecule has 28 heavy (non-hydrogen) atoms. The van der Waals surface area contributed by atoms with E-state index in [1.807, 2.05) is 0 Å². The fourth-order valence-electron chi connectivity index (χ4n) is 5.03. The molecule has 0 radical (unpaired) electrons. The zero-order valence-electron chi connectivity index (χ0n) is 20.7. The number of hydrogen-bond acceptors (Lipinski definition) is 5. The van der Waals surface area contributed by atoms with Gasteiger partial charge in [-0.3, -0.25) is 0 Å². The van der Waals surface area contributed by atoms with Crippen molar-refractivity contribution in [3.05, 3.63) is 0 Å². The van der Waals surface area contributed by atoms with Crippen molar-refractivity contribution in [2.75, 3.05) is 27.9 Å². The summed E-state index contributed by atoms with van der Waals surface area (Å²) < 4.78 is 27.2. The molecule has 1 unspecified atom stereocenters. The molecule has 1 heterocycles. The van der Waals surface area contributed by atoms with E-state index in [-0.39, 0.29) is 5.16 Å². The summed E-state index contributed by atoms with van der Waals surface area (Å²) in [5.74, 6) is 0. The lowest BCUT2D eigenvalue weighted by molar-refractivity contribution is 0.119. The Hall–Kier alpha value is 0.884. The maximum absolute atomic E-state index is 6.94. The van der Waals surface area contributed by atoms with Crippen molar-refractivity contribution < 1.29 is 17.4 Å². The van der Waals surface area contributed by atoms with Crippen molar-refractivity contribution in [3.8, 4) is 0 Å².